The molecule has 0 bridgehead atoms. The molecule has 0 saturated heterocycles. The number of hydrogen-bond donors (Lipinski definition) is 2. The Kier molecular flexibility index (Phi) is 5.91. The fourth-order valence-corrected chi connectivity index (χ4v) is 2.74. The lowest BCUT2D eigenvalue weighted by Crippen LogP contribution is -2.12. The largest absolute Gasteiger partial charge is 0.495 e. The van der Waals surface area contributed by atoms with Crippen molar-refractivity contribution in [1.82, 2.24) is 4.98 Å². The number of amides is 1. The molecular formula is C21H18ClN3O3. The van der Waals surface area contributed by atoms with Crippen molar-refractivity contribution >= 4 is 40.5 Å². The first-order valence-corrected chi connectivity index (χ1v) is 8.83. The van der Waals surface area contributed by atoms with Crippen LogP contribution in [0, 0.1) is 0 Å². The van der Waals surface area contributed by atoms with Gasteiger partial charge >= 0.3 is 0 Å². The second-order valence-corrected chi connectivity index (χ2v) is 6.40. The van der Waals surface area contributed by atoms with E-state index in [1.807, 2.05) is 0 Å². The fraction of sp³-hybridized carbons (Fsp3) is 0.0952. The third-order valence-electron chi connectivity index (χ3n) is 4.00. The van der Waals surface area contributed by atoms with Crippen molar-refractivity contribution in [2.45, 2.75) is 6.92 Å². The van der Waals surface area contributed by atoms with E-state index in [4.69, 9.17) is 16.3 Å². The number of halogens is 1. The highest BCUT2D eigenvalue weighted by molar-refractivity contribution is 6.32. The van der Waals surface area contributed by atoms with Gasteiger partial charge in [-0.3, -0.25) is 9.59 Å². The first-order valence-electron chi connectivity index (χ1n) is 8.45. The Hall–Kier alpha value is -3.38. The number of anilines is 3. The fourth-order valence-electron chi connectivity index (χ4n) is 2.49. The van der Waals surface area contributed by atoms with Gasteiger partial charge in [-0.25, -0.2) is 4.98 Å². The average Bonchev–Trinajstić information content (AvgIpc) is 2.69. The van der Waals surface area contributed by atoms with E-state index >= 15 is 0 Å². The summed E-state index contributed by atoms with van der Waals surface area (Å²) in [4.78, 5) is 27.9. The van der Waals surface area contributed by atoms with Crippen LogP contribution in [0.15, 0.2) is 60.8 Å². The lowest BCUT2D eigenvalue weighted by Gasteiger charge is -2.09. The highest BCUT2D eigenvalue weighted by atomic mass is 35.5. The van der Waals surface area contributed by atoms with E-state index in [2.05, 4.69) is 15.6 Å². The molecule has 3 aromatic rings. The van der Waals surface area contributed by atoms with Gasteiger partial charge in [0.25, 0.3) is 5.91 Å². The van der Waals surface area contributed by atoms with Gasteiger partial charge < -0.3 is 15.4 Å². The molecule has 6 nitrogen and oxygen atoms in total. The van der Waals surface area contributed by atoms with Crippen molar-refractivity contribution in [2.75, 3.05) is 17.7 Å². The Morgan fingerprint density at radius 1 is 0.964 bits per heavy atom. The predicted molar refractivity (Wildman–Crippen MR) is 110 cm³/mol. The highest BCUT2D eigenvalue weighted by Gasteiger charge is 2.09. The minimum absolute atomic E-state index is 0.0122. The van der Waals surface area contributed by atoms with Gasteiger partial charge in [0.2, 0.25) is 0 Å². The van der Waals surface area contributed by atoms with Gasteiger partial charge in [0.1, 0.15) is 11.6 Å². The molecule has 0 spiro atoms. The van der Waals surface area contributed by atoms with Crippen molar-refractivity contribution in [3.05, 3.63) is 76.9 Å². The maximum Gasteiger partial charge on any atom is 0.257 e. The molecule has 142 valence electrons. The number of ether oxygens (including phenoxy) is 1. The lowest BCUT2D eigenvalue weighted by molar-refractivity contribution is 0.101. The zero-order valence-electron chi connectivity index (χ0n) is 15.3. The van der Waals surface area contributed by atoms with Crippen LogP contribution in [0.3, 0.4) is 0 Å². The summed E-state index contributed by atoms with van der Waals surface area (Å²) in [5.74, 6) is 0.831. The van der Waals surface area contributed by atoms with E-state index in [1.165, 1.54) is 20.2 Å². The van der Waals surface area contributed by atoms with Gasteiger partial charge in [-0.15, -0.1) is 0 Å². The summed E-state index contributed by atoms with van der Waals surface area (Å²) in [6.45, 7) is 1.52. The maximum atomic E-state index is 12.4. The molecule has 0 radical (unpaired) electrons. The molecule has 0 aliphatic carbocycles. The summed E-state index contributed by atoms with van der Waals surface area (Å²) >= 11 is 6.07. The number of benzene rings is 2. The standard InChI is InChI=1S/C21H18ClN3O3/c1-13(26)14-3-6-16(7-4-14)24-20-10-5-15(12-23-20)21(27)25-17-8-9-19(28-2)18(22)11-17/h3-12H,1-2H3,(H,23,24)(H,25,27). The van der Waals surface area contributed by atoms with E-state index in [0.29, 0.717) is 33.4 Å². The lowest BCUT2D eigenvalue weighted by atomic mass is 10.1. The second-order valence-electron chi connectivity index (χ2n) is 5.99. The average molecular weight is 396 g/mol. The number of hydrogen-bond acceptors (Lipinski definition) is 5. The molecule has 0 fully saturated rings. The van der Waals surface area contributed by atoms with Gasteiger partial charge in [-0.2, -0.15) is 0 Å². The number of ketones is 1. The molecular weight excluding hydrogens is 378 g/mol. The molecule has 1 aromatic heterocycles. The SMILES string of the molecule is COc1ccc(NC(=O)c2ccc(Nc3ccc(C(C)=O)cc3)nc2)cc1Cl. The Balaban J connectivity index is 1.65. The maximum absolute atomic E-state index is 12.4. The van der Waals surface area contributed by atoms with Crippen LogP contribution in [-0.2, 0) is 0 Å². The van der Waals surface area contributed by atoms with Gasteiger partial charge in [-0.05, 0) is 61.5 Å². The molecule has 3 rings (SSSR count). The third-order valence-corrected chi connectivity index (χ3v) is 4.29. The first kappa shape index (κ1) is 19.4. The summed E-state index contributed by atoms with van der Waals surface area (Å²) in [5, 5.41) is 6.30. The van der Waals surface area contributed by atoms with Crippen LogP contribution < -0.4 is 15.4 Å². The topological polar surface area (TPSA) is 80.3 Å². The van der Waals surface area contributed by atoms with Crippen LogP contribution in [-0.4, -0.2) is 23.8 Å². The predicted octanol–water partition coefficient (Wildman–Crippen LogP) is 4.94. The number of Topliss-reactive ketones (excluding diaryl/α,β-unsaturated/α-hetero) is 1. The van der Waals surface area contributed by atoms with Gasteiger partial charge in [0, 0.05) is 23.1 Å². The molecule has 2 aromatic carbocycles. The van der Waals surface area contributed by atoms with Crippen LogP contribution in [0.4, 0.5) is 17.2 Å². The summed E-state index contributed by atoms with van der Waals surface area (Å²) in [7, 11) is 1.53. The van der Waals surface area contributed by atoms with Crippen LogP contribution in [0.2, 0.25) is 5.02 Å². The van der Waals surface area contributed by atoms with Crippen LogP contribution >= 0.6 is 11.6 Å². The monoisotopic (exact) mass is 395 g/mol. The molecule has 0 aliphatic heterocycles. The van der Waals surface area contributed by atoms with E-state index in [1.54, 1.807) is 54.6 Å². The number of aromatic nitrogens is 1. The Morgan fingerprint density at radius 3 is 2.21 bits per heavy atom. The second kappa shape index (κ2) is 8.54. The zero-order valence-corrected chi connectivity index (χ0v) is 16.1. The zero-order chi connectivity index (χ0) is 20.1. The molecule has 7 heteroatoms. The summed E-state index contributed by atoms with van der Waals surface area (Å²) in [6.07, 6.45) is 1.48. The summed E-state index contributed by atoms with van der Waals surface area (Å²) in [6, 6.07) is 15.5. The van der Waals surface area contributed by atoms with Crippen molar-refractivity contribution in [2.24, 2.45) is 0 Å². The molecule has 1 heterocycles. The minimum Gasteiger partial charge on any atom is -0.495 e. The molecule has 0 unspecified atom stereocenters. The van der Waals surface area contributed by atoms with E-state index < -0.39 is 0 Å². The van der Waals surface area contributed by atoms with Gasteiger partial charge in [-0.1, -0.05) is 11.6 Å². The Bertz CT molecular complexity index is 1000. The molecule has 2 N–H and O–H groups in total. The van der Waals surface area contributed by atoms with E-state index in [-0.39, 0.29) is 11.7 Å². The van der Waals surface area contributed by atoms with Crippen molar-refractivity contribution in [3.8, 4) is 5.75 Å². The van der Waals surface area contributed by atoms with Crippen LogP contribution in [0.1, 0.15) is 27.6 Å². The van der Waals surface area contributed by atoms with E-state index in [0.717, 1.165) is 5.69 Å². The number of rotatable bonds is 6. The molecule has 0 aliphatic rings. The quantitative estimate of drug-likeness (QED) is 0.577. The Labute approximate surface area is 167 Å². The van der Waals surface area contributed by atoms with E-state index in [9.17, 15) is 9.59 Å². The van der Waals surface area contributed by atoms with Crippen molar-refractivity contribution in [1.29, 1.82) is 0 Å². The van der Waals surface area contributed by atoms with Crippen molar-refractivity contribution < 1.29 is 14.3 Å². The highest BCUT2D eigenvalue weighted by Crippen LogP contribution is 2.27. The number of carbonyl (C=O) groups excluding carboxylic acids is 2. The van der Waals surface area contributed by atoms with Gasteiger partial charge in [0.05, 0.1) is 17.7 Å². The van der Waals surface area contributed by atoms with Gasteiger partial charge in [0.15, 0.2) is 5.78 Å². The Morgan fingerprint density at radius 2 is 1.64 bits per heavy atom. The molecule has 0 atom stereocenters. The summed E-state index contributed by atoms with van der Waals surface area (Å²) in [5.41, 5.74) is 2.40. The number of nitrogens with zero attached hydrogens (tertiary/aromatic N) is 1. The smallest absolute Gasteiger partial charge is 0.257 e. The van der Waals surface area contributed by atoms with Crippen LogP contribution in [0.25, 0.3) is 0 Å². The first-order chi connectivity index (χ1) is 13.5. The molecule has 28 heavy (non-hydrogen) atoms. The number of carbonyl (C=O) groups is 2. The normalized spacial score (nSPS) is 10.2. The molecule has 0 saturated carbocycles. The molecule has 1 amide bonds. The number of nitrogens with one attached hydrogen (secondary N) is 2. The number of pyridine rings is 1. The van der Waals surface area contributed by atoms with Crippen LogP contribution in [0.5, 0.6) is 5.75 Å². The van der Waals surface area contributed by atoms with Crippen molar-refractivity contribution in [3.63, 3.8) is 0 Å². The number of methoxy groups -OCH3 is 1. The minimum atomic E-state index is -0.300. The third kappa shape index (κ3) is 4.66. The summed E-state index contributed by atoms with van der Waals surface area (Å²) < 4.78 is 5.09.